The van der Waals surface area contributed by atoms with E-state index < -0.39 is 0 Å². The zero-order valence-electron chi connectivity index (χ0n) is 13.2. The second-order valence-electron chi connectivity index (χ2n) is 6.14. The summed E-state index contributed by atoms with van der Waals surface area (Å²) in [6, 6.07) is 8.03. The van der Waals surface area contributed by atoms with Gasteiger partial charge in [0.15, 0.2) is 0 Å². The van der Waals surface area contributed by atoms with E-state index in [1.807, 2.05) is 4.90 Å². The van der Waals surface area contributed by atoms with Gasteiger partial charge in [-0.1, -0.05) is 6.07 Å². The lowest BCUT2D eigenvalue weighted by atomic mass is 10.1. The van der Waals surface area contributed by atoms with E-state index in [2.05, 4.69) is 10.4 Å². The predicted octanol–water partition coefficient (Wildman–Crippen LogP) is 1.42. The van der Waals surface area contributed by atoms with Crippen molar-refractivity contribution in [2.24, 2.45) is 0 Å². The molecular formula is C17H19FN4O2. The van der Waals surface area contributed by atoms with Crippen LogP contribution in [0.1, 0.15) is 22.6 Å². The first-order valence-corrected chi connectivity index (χ1v) is 8.17. The summed E-state index contributed by atoms with van der Waals surface area (Å²) in [6.45, 7) is 3.40. The number of amides is 1. The summed E-state index contributed by atoms with van der Waals surface area (Å²) >= 11 is 0. The summed E-state index contributed by atoms with van der Waals surface area (Å²) in [5.41, 5.74) is 1.28. The van der Waals surface area contributed by atoms with Gasteiger partial charge in [-0.25, -0.2) is 4.39 Å². The van der Waals surface area contributed by atoms with Crippen molar-refractivity contribution in [3.05, 3.63) is 47.5 Å². The van der Waals surface area contributed by atoms with Crippen LogP contribution in [-0.2, 0) is 13.2 Å². The summed E-state index contributed by atoms with van der Waals surface area (Å²) in [4.78, 5) is 14.6. The smallest absolute Gasteiger partial charge is 0.272 e. The van der Waals surface area contributed by atoms with Crippen LogP contribution in [-0.4, -0.2) is 46.3 Å². The minimum Gasteiger partial charge on any atom is -0.487 e. The molecular weight excluding hydrogens is 311 g/mol. The molecule has 126 valence electrons. The van der Waals surface area contributed by atoms with Gasteiger partial charge in [-0.05, 0) is 31.2 Å². The molecule has 1 atom stereocenters. The van der Waals surface area contributed by atoms with Crippen molar-refractivity contribution < 1.29 is 13.9 Å². The topological polar surface area (TPSA) is 59.4 Å². The van der Waals surface area contributed by atoms with Crippen molar-refractivity contribution in [3.63, 3.8) is 0 Å². The standard InChI is InChI=1S/C17H19FN4O2/c18-12-2-1-3-15(8-12)24-11-13-9-16-17(23)21(6-7-22(16)20-13)14-4-5-19-10-14/h1-3,8-9,14,19H,4-7,10-11H2/t14-/m1/s1. The maximum absolute atomic E-state index is 13.2. The molecule has 1 N–H and O–H groups in total. The summed E-state index contributed by atoms with van der Waals surface area (Å²) in [6.07, 6.45) is 0.995. The lowest BCUT2D eigenvalue weighted by Gasteiger charge is -2.32. The van der Waals surface area contributed by atoms with Gasteiger partial charge in [0.2, 0.25) is 0 Å². The molecule has 2 aliphatic rings. The van der Waals surface area contributed by atoms with E-state index in [4.69, 9.17) is 4.74 Å². The number of fused-ring (bicyclic) bond motifs is 1. The monoisotopic (exact) mass is 330 g/mol. The highest BCUT2D eigenvalue weighted by molar-refractivity contribution is 5.93. The first-order valence-electron chi connectivity index (χ1n) is 8.17. The second kappa shape index (κ2) is 6.24. The van der Waals surface area contributed by atoms with E-state index in [9.17, 15) is 9.18 Å². The Bertz CT molecular complexity index is 755. The van der Waals surface area contributed by atoms with Gasteiger partial charge >= 0.3 is 0 Å². The van der Waals surface area contributed by atoms with Gasteiger partial charge in [-0.15, -0.1) is 0 Å². The molecule has 1 fully saturated rings. The van der Waals surface area contributed by atoms with Gasteiger partial charge in [0.25, 0.3) is 5.91 Å². The lowest BCUT2D eigenvalue weighted by Crippen LogP contribution is -2.47. The third kappa shape index (κ3) is 2.87. The maximum Gasteiger partial charge on any atom is 0.272 e. The lowest BCUT2D eigenvalue weighted by molar-refractivity contribution is 0.0626. The Morgan fingerprint density at radius 1 is 1.33 bits per heavy atom. The first-order chi connectivity index (χ1) is 11.7. The highest BCUT2D eigenvalue weighted by Crippen LogP contribution is 2.20. The van der Waals surface area contributed by atoms with E-state index >= 15 is 0 Å². The van der Waals surface area contributed by atoms with Gasteiger partial charge in [-0.3, -0.25) is 9.48 Å². The van der Waals surface area contributed by atoms with Crippen LogP contribution < -0.4 is 10.1 Å². The summed E-state index contributed by atoms with van der Waals surface area (Å²) < 4.78 is 20.5. The van der Waals surface area contributed by atoms with E-state index in [1.165, 1.54) is 12.1 Å². The third-order valence-corrected chi connectivity index (χ3v) is 4.52. The van der Waals surface area contributed by atoms with Crippen LogP contribution in [0.15, 0.2) is 30.3 Å². The Kier molecular flexibility index (Phi) is 3.93. The third-order valence-electron chi connectivity index (χ3n) is 4.52. The Balaban J connectivity index is 1.46. The number of nitrogens with zero attached hydrogens (tertiary/aromatic N) is 3. The Morgan fingerprint density at radius 2 is 2.25 bits per heavy atom. The molecule has 0 spiro atoms. The number of aromatic nitrogens is 2. The molecule has 24 heavy (non-hydrogen) atoms. The minimum atomic E-state index is -0.340. The molecule has 0 unspecified atom stereocenters. The largest absolute Gasteiger partial charge is 0.487 e. The van der Waals surface area contributed by atoms with Gasteiger partial charge in [0.1, 0.15) is 29.6 Å². The van der Waals surface area contributed by atoms with Crippen LogP contribution in [0.25, 0.3) is 0 Å². The molecule has 1 aromatic carbocycles. The van der Waals surface area contributed by atoms with Crippen LogP contribution in [0.4, 0.5) is 4.39 Å². The van der Waals surface area contributed by atoms with Crippen molar-refractivity contribution in [2.45, 2.75) is 25.6 Å². The number of rotatable bonds is 4. The van der Waals surface area contributed by atoms with Crippen LogP contribution in [0, 0.1) is 5.82 Å². The highest BCUT2D eigenvalue weighted by Gasteiger charge is 2.32. The number of halogens is 1. The number of hydrogen-bond acceptors (Lipinski definition) is 4. The van der Waals surface area contributed by atoms with Crippen LogP contribution in [0.3, 0.4) is 0 Å². The molecule has 0 radical (unpaired) electrons. The molecule has 1 aromatic heterocycles. The molecule has 4 rings (SSSR count). The predicted molar refractivity (Wildman–Crippen MR) is 85.3 cm³/mol. The van der Waals surface area contributed by atoms with E-state index in [0.29, 0.717) is 30.2 Å². The number of hydrogen-bond donors (Lipinski definition) is 1. The number of carbonyl (C=O) groups excluding carboxylic acids is 1. The molecule has 2 aromatic rings. The molecule has 6 nitrogen and oxygen atoms in total. The molecule has 0 saturated carbocycles. The van der Waals surface area contributed by atoms with Gasteiger partial charge < -0.3 is 15.0 Å². The Labute approximate surface area is 139 Å². The minimum absolute atomic E-state index is 0.0273. The fraction of sp³-hybridized carbons (Fsp3) is 0.412. The molecule has 7 heteroatoms. The van der Waals surface area contributed by atoms with E-state index in [1.54, 1.807) is 22.9 Å². The highest BCUT2D eigenvalue weighted by atomic mass is 19.1. The van der Waals surface area contributed by atoms with E-state index in [0.717, 1.165) is 19.5 Å². The zero-order valence-corrected chi connectivity index (χ0v) is 13.2. The van der Waals surface area contributed by atoms with Gasteiger partial charge in [-0.2, -0.15) is 5.10 Å². The normalized spacial score (nSPS) is 20.3. The number of nitrogens with one attached hydrogen (secondary N) is 1. The Morgan fingerprint density at radius 3 is 3.04 bits per heavy atom. The van der Waals surface area contributed by atoms with Crippen LogP contribution >= 0.6 is 0 Å². The molecule has 2 aliphatic heterocycles. The van der Waals surface area contributed by atoms with Crippen molar-refractivity contribution >= 4 is 5.91 Å². The molecule has 1 saturated heterocycles. The number of benzene rings is 1. The molecule has 3 heterocycles. The molecule has 1 amide bonds. The van der Waals surface area contributed by atoms with Crippen molar-refractivity contribution in [1.29, 1.82) is 0 Å². The average molecular weight is 330 g/mol. The van der Waals surface area contributed by atoms with Crippen molar-refractivity contribution in [3.8, 4) is 5.75 Å². The average Bonchev–Trinajstić information content (AvgIpc) is 3.23. The first kappa shape index (κ1) is 15.1. The van der Waals surface area contributed by atoms with Gasteiger partial charge in [0.05, 0.1) is 6.54 Å². The van der Waals surface area contributed by atoms with Crippen molar-refractivity contribution in [1.82, 2.24) is 20.0 Å². The van der Waals surface area contributed by atoms with Crippen LogP contribution in [0.2, 0.25) is 0 Å². The maximum atomic E-state index is 13.2. The quantitative estimate of drug-likeness (QED) is 0.921. The second-order valence-corrected chi connectivity index (χ2v) is 6.14. The Hall–Kier alpha value is -2.41. The van der Waals surface area contributed by atoms with Crippen molar-refractivity contribution in [2.75, 3.05) is 19.6 Å². The summed E-state index contributed by atoms with van der Waals surface area (Å²) in [5, 5.41) is 7.73. The molecule has 0 bridgehead atoms. The van der Waals surface area contributed by atoms with E-state index in [-0.39, 0.29) is 24.4 Å². The number of ether oxygens (including phenoxy) is 1. The SMILES string of the molecule is O=C1c2cc(COc3cccc(F)c3)nn2CCN1[C@@H]1CCNC1. The zero-order chi connectivity index (χ0) is 16.5. The summed E-state index contributed by atoms with van der Waals surface area (Å²) in [7, 11) is 0. The number of carbonyl (C=O) groups is 1. The molecule has 0 aliphatic carbocycles. The van der Waals surface area contributed by atoms with Crippen LogP contribution in [0.5, 0.6) is 5.75 Å². The van der Waals surface area contributed by atoms with Gasteiger partial charge in [0, 0.05) is 25.2 Å². The summed E-state index contributed by atoms with van der Waals surface area (Å²) in [5.74, 6) is 0.137. The fourth-order valence-corrected chi connectivity index (χ4v) is 3.30. The fourth-order valence-electron chi connectivity index (χ4n) is 3.30.